The topological polar surface area (TPSA) is 72.8 Å². The number of aliphatic hydroxyl groups excluding tert-OH is 1. The Kier molecular flexibility index (Phi) is 59.8. The number of carbonyl (C=O) groups excluding carboxylic acids is 2. The van der Waals surface area contributed by atoms with Crippen LogP contribution >= 0.6 is 0 Å². The van der Waals surface area contributed by atoms with Crippen LogP contribution in [-0.2, 0) is 19.1 Å². The summed E-state index contributed by atoms with van der Waals surface area (Å²) < 4.78 is 10.7. The van der Waals surface area contributed by atoms with Crippen LogP contribution < -0.4 is 0 Å². The van der Waals surface area contributed by atoms with E-state index in [4.69, 9.17) is 9.47 Å². The van der Waals surface area contributed by atoms with E-state index in [0.29, 0.717) is 12.8 Å². The minimum absolute atomic E-state index is 0.0721. The average Bonchev–Trinajstić information content (AvgIpc) is 3.38. The number of ether oxygens (including phenoxy) is 2. The standard InChI is InChI=1S/C67H118O5/c1-3-5-7-9-11-13-15-17-19-21-23-24-25-26-27-28-29-30-31-32-33-34-35-36-37-38-39-40-41-42-44-45-47-49-51-53-55-57-59-61-66(69)71-64-65(63-68)72-67(70)62-60-58-56-54-52-50-48-46-43-22-20-18-16-14-12-10-8-6-4-2/h6,8,12,14-15,17-18,20-21,23,25-26,43,46,65,68H,3-5,7,9-11,13,16,19,22,24,27-42,44-45,47-64H2,1-2H3/b8-6-,14-12-,17-15-,20-18-,23-21-,26-25-,46-43-. The molecular formula is C67H118O5. The number of carbonyl (C=O) groups is 2. The lowest BCUT2D eigenvalue weighted by Crippen LogP contribution is -2.28. The van der Waals surface area contributed by atoms with Crippen LogP contribution in [0.1, 0.15) is 309 Å². The van der Waals surface area contributed by atoms with Gasteiger partial charge in [-0.25, -0.2) is 0 Å². The van der Waals surface area contributed by atoms with Gasteiger partial charge in [0.2, 0.25) is 0 Å². The summed E-state index contributed by atoms with van der Waals surface area (Å²) in [6.45, 7) is 4.03. The summed E-state index contributed by atoms with van der Waals surface area (Å²) in [5.74, 6) is -0.598. The van der Waals surface area contributed by atoms with Gasteiger partial charge in [-0.2, -0.15) is 0 Å². The van der Waals surface area contributed by atoms with E-state index in [1.807, 2.05) is 0 Å². The lowest BCUT2D eigenvalue weighted by atomic mass is 10.0. The molecule has 0 aliphatic rings. The zero-order valence-corrected chi connectivity index (χ0v) is 47.7. The van der Waals surface area contributed by atoms with Gasteiger partial charge in [0.1, 0.15) is 6.61 Å². The highest BCUT2D eigenvalue weighted by molar-refractivity contribution is 5.70. The van der Waals surface area contributed by atoms with Crippen LogP contribution in [-0.4, -0.2) is 36.4 Å². The highest BCUT2D eigenvalue weighted by Gasteiger charge is 2.16. The zero-order chi connectivity index (χ0) is 52.0. The van der Waals surface area contributed by atoms with Crippen LogP contribution in [0.4, 0.5) is 0 Å². The van der Waals surface area contributed by atoms with E-state index >= 15 is 0 Å². The largest absolute Gasteiger partial charge is 0.462 e. The molecule has 0 saturated carbocycles. The summed E-state index contributed by atoms with van der Waals surface area (Å²) in [7, 11) is 0. The Labute approximate surface area is 447 Å². The van der Waals surface area contributed by atoms with Gasteiger partial charge in [-0.05, 0) is 89.9 Å². The number of esters is 2. The van der Waals surface area contributed by atoms with Gasteiger partial charge in [0.05, 0.1) is 6.61 Å². The molecule has 0 saturated heterocycles. The maximum Gasteiger partial charge on any atom is 0.306 e. The maximum atomic E-state index is 12.3. The molecule has 1 N–H and O–H groups in total. The number of unbranched alkanes of at least 4 members (excludes halogenated alkanes) is 35. The van der Waals surface area contributed by atoms with Gasteiger partial charge in [-0.1, -0.05) is 292 Å². The molecule has 5 heteroatoms. The third-order valence-electron chi connectivity index (χ3n) is 13.7. The molecule has 5 nitrogen and oxygen atoms in total. The first-order chi connectivity index (χ1) is 35.6. The van der Waals surface area contributed by atoms with Gasteiger partial charge in [0, 0.05) is 12.8 Å². The third kappa shape index (κ3) is 59.6. The van der Waals surface area contributed by atoms with E-state index in [1.54, 1.807) is 0 Å². The lowest BCUT2D eigenvalue weighted by molar-refractivity contribution is -0.161. The number of rotatable bonds is 57. The first-order valence-electron chi connectivity index (χ1n) is 31.1. The van der Waals surface area contributed by atoms with Gasteiger partial charge < -0.3 is 14.6 Å². The van der Waals surface area contributed by atoms with Gasteiger partial charge >= 0.3 is 11.9 Å². The molecule has 0 radical (unpaired) electrons. The van der Waals surface area contributed by atoms with E-state index < -0.39 is 6.10 Å². The second-order valence-electron chi connectivity index (χ2n) is 20.8. The van der Waals surface area contributed by atoms with Crippen molar-refractivity contribution in [2.45, 2.75) is 315 Å². The molecule has 0 spiro atoms. The van der Waals surface area contributed by atoms with E-state index in [1.165, 1.54) is 199 Å². The minimum Gasteiger partial charge on any atom is -0.462 e. The molecule has 0 amide bonds. The van der Waals surface area contributed by atoms with Crippen LogP contribution in [0.2, 0.25) is 0 Å². The fourth-order valence-electron chi connectivity index (χ4n) is 9.03. The molecule has 0 aliphatic carbocycles. The van der Waals surface area contributed by atoms with E-state index in [9.17, 15) is 14.7 Å². The second-order valence-corrected chi connectivity index (χ2v) is 20.8. The summed E-state index contributed by atoms with van der Waals surface area (Å²) >= 11 is 0. The van der Waals surface area contributed by atoms with Crippen molar-refractivity contribution >= 4 is 11.9 Å². The van der Waals surface area contributed by atoms with Crippen molar-refractivity contribution < 1.29 is 24.2 Å². The van der Waals surface area contributed by atoms with Crippen molar-refractivity contribution in [2.75, 3.05) is 13.2 Å². The first-order valence-corrected chi connectivity index (χ1v) is 31.1. The summed E-state index contributed by atoms with van der Waals surface area (Å²) in [6, 6.07) is 0. The number of allylic oxidation sites excluding steroid dienone is 14. The normalized spacial score (nSPS) is 12.8. The van der Waals surface area contributed by atoms with Crippen molar-refractivity contribution in [1.29, 1.82) is 0 Å². The molecule has 416 valence electrons. The predicted octanol–water partition coefficient (Wildman–Crippen LogP) is 21.3. The summed E-state index contributed by atoms with van der Waals surface area (Å²) in [6.07, 6.45) is 87.4. The highest BCUT2D eigenvalue weighted by atomic mass is 16.6. The van der Waals surface area contributed by atoms with Crippen LogP contribution in [0.25, 0.3) is 0 Å². The molecule has 0 aromatic heterocycles. The molecule has 0 aromatic carbocycles. The van der Waals surface area contributed by atoms with Crippen LogP contribution in [0.15, 0.2) is 85.1 Å². The SMILES string of the molecule is CC/C=C\C/C=C\C/C=C\C/C=C\CCCCCCCCC(=O)OC(CO)COC(=O)CCCCCCCCCCCCCCCCCCCCCCCCCC/C=C\C/C=C\C/C=C\CCCCCCC. The molecular weight excluding hydrogens is 885 g/mol. The van der Waals surface area contributed by atoms with Crippen molar-refractivity contribution in [2.24, 2.45) is 0 Å². The molecule has 0 heterocycles. The number of hydrogen-bond acceptors (Lipinski definition) is 5. The van der Waals surface area contributed by atoms with E-state index in [0.717, 1.165) is 83.5 Å². The molecule has 0 aliphatic heterocycles. The molecule has 0 aromatic rings. The molecule has 1 atom stereocenters. The van der Waals surface area contributed by atoms with Crippen LogP contribution in [0, 0.1) is 0 Å². The Hall–Kier alpha value is -2.92. The van der Waals surface area contributed by atoms with Gasteiger partial charge in [-0.15, -0.1) is 0 Å². The zero-order valence-electron chi connectivity index (χ0n) is 47.7. The quantitative estimate of drug-likeness (QED) is 0.0373. The molecule has 1 unspecified atom stereocenters. The van der Waals surface area contributed by atoms with Gasteiger partial charge in [-0.3, -0.25) is 9.59 Å². The van der Waals surface area contributed by atoms with Crippen LogP contribution in [0.3, 0.4) is 0 Å². The first kappa shape index (κ1) is 69.1. The monoisotopic (exact) mass is 1000 g/mol. The van der Waals surface area contributed by atoms with Gasteiger partial charge in [0.15, 0.2) is 6.10 Å². The Morgan fingerprint density at radius 3 is 0.903 bits per heavy atom. The number of hydrogen-bond donors (Lipinski definition) is 1. The summed E-state index contributed by atoms with van der Waals surface area (Å²) in [5.41, 5.74) is 0. The molecule has 0 bridgehead atoms. The smallest absolute Gasteiger partial charge is 0.306 e. The van der Waals surface area contributed by atoms with Gasteiger partial charge in [0.25, 0.3) is 0 Å². The van der Waals surface area contributed by atoms with Crippen molar-refractivity contribution in [3.8, 4) is 0 Å². The van der Waals surface area contributed by atoms with E-state index in [-0.39, 0.29) is 25.2 Å². The Balaban J connectivity index is 3.42. The second kappa shape index (κ2) is 62.4. The minimum atomic E-state index is -0.783. The fraction of sp³-hybridized carbons (Fsp3) is 0.761. The molecule has 0 rings (SSSR count). The van der Waals surface area contributed by atoms with Crippen LogP contribution in [0.5, 0.6) is 0 Å². The fourth-order valence-corrected chi connectivity index (χ4v) is 9.03. The van der Waals surface area contributed by atoms with Crippen molar-refractivity contribution in [3.05, 3.63) is 85.1 Å². The van der Waals surface area contributed by atoms with Crippen molar-refractivity contribution in [1.82, 2.24) is 0 Å². The maximum absolute atomic E-state index is 12.3. The molecule has 0 fully saturated rings. The Morgan fingerprint density at radius 2 is 0.597 bits per heavy atom. The number of aliphatic hydroxyl groups is 1. The predicted molar refractivity (Wildman–Crippen MR) is 316 cm³/mol. The highest BCUT2D eigenvalue weighted by Crippen LogP contribution is 2.17. The summed E-state index contributed by atoms with van der Waals surface area (Å²) in [5, 5.41) is 9.65. The Bertz CT molecular complexity index is 1320. The lowest BCUT2D eigenvalue weighted by Gasteiger charge is -2.15. The van der Waals surface area contributed by atoms with E-state index in [2.05, 4.69) is 98.9 Å². The Morgan fingerprint density at radius 1 is 0.333 bits per heavy atom. The third-order valence-corrected chi connectivity index (χ3v) is 13.7. The van der Waals surface area contributed by atoms with Crippen molar-refractivity contribution in [3.63, 3.8) is 0 Å². The average molecular weight is 1000 g/mol. The molecule has 72 heavy (non-hydrogen) atoms. The summed E-state index contributed by atoms with van der Waals surface area (Å²) in [4.78, 5) is 24.5.